The van der Waals surface area contributed by atoms with Gasteiger partial charge in [0, 0.05) is 24.6 Å². The summed E-state index contributed by atoms with van der Waals surface area (Å²) in [5, 5.41) is 7.43. The van der Waals surface area contributed by atoms with E-state index in [9.17, 15) is 9.59 Å². The van der Waals surface area contributed by atoms with Crippen molar-refractivity contribution >= 4 is 50.6 Å². The third-order valence-electron chi connectivity index (χ3n) is 4.58. The zero-order valence-electron chi connectivity index (χ0n) is 15.3. The topological polar surface area (TPSA) is 73.2 Å². The molecular weight excluding hydrogens is 414 g/mol. The Bertz CT molecular complexity index is 991. The number of hydrogen-bond donors (Lipinski definition) is 1. The summed E-state index contributed by atoms with van der Waals surface area (Å²) in [5.74, 6) is 0.165. The highest BCUT2D eigenvalue weighted by molar-refractivity contribution is 7.99. The Labute approximate surface area is 174 Å². The van der Waals surface area contributed by atoms with Crippen molar-refractivity contribution in [1.82, 2.24) is 14.9 Å². The van der Waals surface area contributed by atoms with Crippen LogP contribution in [0.25, 0.3) is 10.2 Å². The monoisotopic (exact) mass is 435 g/mol. The summed E-state index contributed by atoms with van der Waals surface area (Å²) >= 11 is 4.41. The van der Waals surface area contributed by atoms with Crippen molar-refractivity contribution in [2.24, 2.45) is 0 Å². The molecule has 0 saturated carbocycles. The van der Waals surface area contributed by atoms with Crippen molar-refractivity contribution in [1.29, 1.82) is 0 Å². The first kappa shape index (κ1) is 19.6. The van der Waals surface area contributed by atoms with E-state index in [4.69, 9.17) is 4.74 Å². The highest BCUT2D eigenvalue weighted by Crippen LogP contribution is 2.22. The second kappa shape index (κ2) is 9.21. The van der Waals surface area contributed by atoms with Crippen molar-refractivity contribution in [3.63, 3.8) is 0 Å². The van der Waals surface area contributed by atoms with Gasteiger partial charge in [0.1, 0.15) is 4.70 Å². The highest BCUT2D eigenvalue weighted by atomic mass is 32.2. The fraction of sp³-hybridized carbons (Fsp3) is 0.421. The standard InChI is InChI=1S/C19H21N3O3S3/c23-16(20-11-13-3-1-8-25-13)12-28-19-21-15-6-10-27-17(15)18(24)22(19)7-5-14-4-2-9-26-14/h2,4,6,9-10,13H,1,3,5,7-8,11-12H2,(H,20,23). The Hall–Kier alpha value is -1.68. The van der Waals surface area contributed by atoms with Crippen molar-refractivity contribution < 1.29 is 9.53 Å². The van der Waals surface area contributed by atoms with E-state index in [0.717, 1.165) is 25.9 Å². The molecular formula is C19H21N3O3S3. The fourth-order valence-corrected chi connectivity index (χ4v) is 5.45. The van der Waals surface area contributed by atoms with Gasteiger partial charge in [-0.05, 0) is 42.2 Å². The second-order valence-electron chi connectivity index (χ2n) is 6.54. The zero-order chi connectivity index (χ0) is 19.3. The van der Waals surface area contributed by atoms with E-state index in [1.807, 2.05) is 22.9 Å². The third-order valence-corrected chi connectivity index (χ3v) is 7.38. The molecule has 0 aliphatic carbocycles. The first-order valence-corrected chi connectivity index (χ1v) is 12.0. The summed E-state index contributed by atoms with van der Waals surface area (Å²) in [6.45, 7) is 1.87. The van der Waals surface area contributed by atoms with Gasteiger partial charge in [-0.3, -0.25) is 14.2 Å². The summed E-state index contributed by atoms with van der Waals surface area (Å²) in [5.41, 5.74) is 0.670. The Balaban J connectivity index is 1.45. The van der Waals surface area contributed by atoms with Gasteiger partial charge in [-0.25, -0.2) is 4.98 Å². The normalized spacial score (nSPS) is 16.6. The van der Waals surface area contributed by atoms with Gasteiger partial charge in [0.05, 0.1) is 17.4 Å². The minimum atomic E-state index is -0.0648. The van der Waals surface area contributed by atoms with Crippen LogP contribution in [-0.4, -0.2) is 40.5 Å². The van der Waals surface area contributed by atoms with Gasteiger partial charge in [-0.1, -0.05) is 17.8 Å². The third kappa shape index (κ3) is 4.65. The molecule has 0 aromatic carbocycles. The average Bonchev–Trinajstić information content (AvgIpc) is 3.46. The molecule has 1 atom stereocenters. The number of thiophene rings is 2. The van der Waals surface area contributed by atoms with Crippen molar-refractivity contribution in [2.75, 3.05) is 18.9 Å². The zero-order valence-corrected chi connectivity index (χ0v) is 17.7. The van der Waals surface area contributed by atoms with Crippen LogP contribution in [0.15, 0.2) is 38.9 Å². The van der Waals surface area contributed by atoms with Crippen LogP contribution in [0.4, 0.5) is 0 Å². The van der Waals surface area contributed by atoms with Crippen LogP contribution < -0.4 is 10.9 Å². The molecule has 0 bridgehead atoms. The second-order valence-corrected chi connectivity index (χ2v) is 9.43. The maximum absolute atomic E-state index is 12.9. The number of aromatic nitrogens is 2. The van der Waals surface area contributed by atoms with Crippen molar-refractivity contribution in [2.45, 2.75) is 37.1 Å². The van der Waals surface area contributed by atoms with Gasteiger partial charge < -0.3 is 10.1 Å². The van der Waals surface area contributed by atoms with Gasteiger partial charge >= 0.3 is 0 Å². The molecule has 4 heterocycles. The number of aryl methyl sites for hydroxylation is 1. The predicted molar refractivity (Wildman–Crippen MR) is 115 cm³/mol. The lowest BCUT2D eigenvalue weighted by Crippen LogP contribution is -2.33. The Morgan fingerprint density at radius 1 is 1.36 bits per heavy atom. The van der Waals surface area contributed by atoms with E-state index in [-0.39, 0.29) is 23.3 Å². The number of fused-ring (bicyclic) bond motifs is 1. The van der Waals surface area contributed by atoms with Crippen molar-refractivity contribution in [3.05, 3.63) is 44.2 Å². The molecule has 0 radical (unpaired) electrons. The van der Waals surface area contributed by atoms with E-state index < -0.39 is 0 Å². The van der Waals surface area contributed by atoms with E-state index in [1.54, 1.807) is 15.9 Å². The van der Waals surface area contributed by atoms with E-state index >= 15 is 0 Å². The number of amides is 1. The lowest BCUT2D eigenvalue weighted by molar-refractivity contribution is -0.119. The molecule has 1 aliphatic rings. The van der Waals surface area contributed by atoms with Crippen LogP contribution in [0.3, 0.4) is 0 Å². The van der Waals surface area contributed by atoms with Crippen LogP contribution in [0, 0.1) is 0 Å². The maximum Gasteiger partial charge on any atom is 0.272 e. The lowest BCUT2D eigenvalue weighted by Gasteiger charge is -2.13. The quantitative estimate of drug-likeness (QED) is 0.435. The summed E-state index contributed by atoms with van der Waals surface area (Å²) in [6, 6.07) is 5.93. The molecule has 9 heteroatoms. The minimum Gasteiger partial charge on any atom is -0.376 e. The molecule has 1 amide bonds. The van der Waals surface area contributed by atoms with Gasteiger partial charge in [-0.15, -0.1) is 22.7 Å². The molecule has 3 aromatic rings. The smallest absolute Gasteiger partial charge is 0.272 e. The predicted octanol–water partition coefficient (Wildman–Crippen LogP) is 3.15. The first-order valence-electron chi connectivity index (χ1n) is 9.22. The molecule has 1 aliphatic heterocycles. The van der Waals surface area contributed by atoms with Crippen LogP contribution in [0.5, 0.6) is 0 Å². The number of carbonyl (C=O) groups is 1. The van der Waals surface area contributed by atoms with Gasteiger partial charge in [-0.2, -0.15) is 0 Å². The van der Waals surface area contributed by atoms with E-state index in [1.165, 1.54) is 28.0 Å². The first-order chi connectivity index (χ1) is 13.7. The SMILES string of the molecule is O=C(CSc1nc2ccsc2c(=O)n1CCc1cccs1)NCC1CCCO1. The molecule has 1 unspecified atom stereocenters. The van der Waals surface area contributed by atoms with Crippen molar-refractivity contribution in [3.8, 4) is 0 Å². The Morgan fingerprint density at radius 2 is 2.29 bits per heavy atom. The number of ether oxygens (including phenoxy) is 1. The van der Waals surface area contributed by atoms with Gasteiger partial charge in [0.25, 0.3) is 5.56 Å². The molecule has 1 fully saturated rings. The Kier molecular flexibility index (Phi) is 6.46. The molecule has 1 N–H and O–H groups in total. The molecule has 6 nitrogen and oxygen atoms in total. The number of nitrogens with one attached hydrogen (secondary N) is 1. The van der Waals surface area contributed by atoms with Crippen LogP contribution in [-0.2, 0) is 22.5 Å². The maximum atomic E-state index is 12.9. The Morgan fingerprint density at radius 3 is 3.07 bits per heavy atom. The largest absolute Gasteiger partial charge is 0.376 e. The fourth-order valence-electron chi connectivity index (χ4n) is 3.12. The molecule has 0 spiro atoms. The van der Waals surface area contributed by atoms with E-state index in [2.05, 4.69) is 16.4 Å². The van der Waals surface area contributed by atoms with Crippen LogP contribution in [0.1, 0.15) is 17.7 Å². The summed E-state index contributed by atoms with van der Waals surface area (Å²) in [7, 11) is 0. The van der Waals surface area contributed by atoms with Crippen LogP contribution in [0.2, 0.25) is 0 Å². The molecule has 3 aromatic heterocycles. The summed E-state index contributed by atoms with van der Waals surface area (Å²) in [6.07, 6.45) is 2.94. The number of thioether (sulfide) groups is 1. The molecule has 148 valence electrons. The number of nitrogens with zero attached hydrogens (tertiary/aromatic N) is 2. The number of carbonyl (C=O) groups excluding carboxylic acids is 1. The van der Waals surface area contributed by atoms with E-state index in [0.29, 0.717) is 28.5 Å². The minimum absolute atomic E-state index is 0.0289. The number of rotatable bonds is 8. The average molecular weight is 436 g/mol. The summed E-state index contributed by atoms with van der Waals surface area (Å²) in [4.78, 5) is 31.0. The highest BCUT2D eigenvalue weighted by Gasteiger charge is 2.17. The van der Waals surface area contributed by atoms with Gasteiger partial charge in [0.2, 0.25) is 5.91 Å². The molecule has 28 heavy (non-hydrogen) atoms. The number of hydrogen-bond acceptors (Lipinski definition) is 7. The van der Waals surface area contributed by atoms with Gasteiger partial charge in [0.15, 0.2) is 5.16 Å². The molecule has 1 saturated heterocycles. The molecule has 4 rings (SSSR count). The van der Waals surface area contributed by atoms with Crippen LogP contribution >= 0.6 is 34.4 Å². The lowest BCUT2D eigenvalue weighted by atomic mass is 10.2. The summed E-state index contributed by atoms with van der Waals surface area (Å²) < 4.78 is 7.90.